The second-order valence-electron chi connectivity index (χ2n) is 4.01. The highest BCUT2D eigenvalue weighted by molar-refractivity contribution is 9.10. The van der Waals surface area contributed by atoms with Crippen LogP contribution in [0.2, 0.25) is 0 Å². The van der Waals surface area contributed by atoms with Crippen molar-refractivity contribution in [1.82, 2.24) is 10.2 Å². The number of hydrogen-bond acceptors (Lipinski definition) is 5. The van der Waals surface area contributed by atoms with Crippen LogP contribution in [-0.2, 0) is 5.60 Å². The van der Waals surface area contributed by atoms with E-state index in [1.165, 1.54) is 0 Å². The van der Waals surface area contributed by atoms with Crippen LogP contribution in [0.5, 0.6) is 5.75 Å². The first-order valence-electron chi connectivity index (χ1n) is 5.01. The Morgan fingerprint density at radius 3 is 2.41 bits per heavy atom. The van der Waals surface area contributed by atoms with Gasteiger partial charge in [-0.2, -0.15) is 0 Å². The molecule has 0 spiro atoms. The third kappa shape index (κ3) is 2.76. The summed E-state index contributed by atoms with van der Waals surface area (Å²) in [6, 6.07) is 7.53. The van der Waals surface area contributed by atoms with Gasteiger partial charge in [-0.3, -0.25) is 0 Å². The maximum Gasteiger partial charge on any atom is 0.312 e. The summed E-state index contributed by atoms with van der Waals surface area (Å²) in [5.41, 5.74) is 4.66. The molecular weight excluding hydrogens is 286 g/mol. The van der Waals surface area contributed by atoms with Gasteiger partial charge in [0.1, 0.15) is 5.75 Å². The molecule has 5 nitrogen and oxygen atoms in total. The predicted molar refractivity (Wildman–Crippen MR) is 66.5 cm³/mol. The highest BCUT2D eigenvalue weighted by Crippen LogP contribution is 2.27. The van der Waals surface area contributed by atoms with Crippen molar-refractivity contribution in [2.45, 2.75) is 19.4 Å². The highest BCUT2D eigenvalue weighted by Gasteiger charge is 2.29. The fourth-order valence-corrected chi connectivity index (χ4v) is 1.58. The van der Waals surface area contributed by atoms with E-state index in [0.717, 1.165) is 10.2 Å². The fraction of sp³-hybridized carbons (Fsp3) is 0.273. The molecule has 1 aromatic carbocycles. The molecule has 0 radical (unpaired) electrons. The van der Waals surface area contributed by atoms with E-state index < -0.39 is 5.60 Å². The Bertz CT molecular complexity index is 508. The number of rotatable bonds is 3. The summed E-state index contributed by atoms with van der Waals surface area (Å²) in [5, 5.41) is 7.44. The second kappa shape index (κ2) is 4.37. The van der Waals surface area contributed by atoms with Crippen molar-refractivity contribution in [2.24, 2.45) is 0 Å². The molecule has 1 heterocycles. The Kier molecular flexibility index (Phi) is 3.06. The molecule has 0 fully saturated rings. The van der Waals surface area contributed by atoms with Crippen molar-refractivity contribution in [3.63, 3.8) is 0 Å². The lowest BCUT2D eigenvalue weighted by atomic mass is 10.1. The zero-order chi connectivity index (χ0) is 12.5. The van der Waals surface area contributed by atoms with E-state index in [-0.39, 0.29) is 6.01 Å². The van der Waals surface area contributed by atoms with Crippen LogP contribution in [0, 0.1) is 0 Å². The summed E-state index contributed by atoms with van der Waals surface area (Å²) < 4.78 is 11.9. The third-order valence-corrected chi connectivity index (χ3v) is 2.67. The number of benzene rings is 1. The molecule has 1 aromatic heterocycles. The third-order valence-electron chi connectivity index (χ3n) is 2.14. The van der Waals surface area contributed by atoms with Gasteiger partial charge in [-0.15, -0.1) is 5.10 Å². The average molecular weight is 298 g/mol. The molecular formula is C11H12BrN3O2. The van der Waals surface area contributed by atoms with Crippen molar-refractivity contribution < 1.29 is 9.15 Å². The molecule has 90 valence electrons. The Balaban J connectivity index is 2.19. The Morgan fingerprint density at radius 1 is 1.24 bits per heavy atom. The number of nitrogens with two attached hydrogens (primary N) is 1. The van der Waals surface area contributed by atoms with Gasteiger partial charge in [-0.1, -0.05) is 21.0 Å². The monoisotopic (exact) mass is 297 g/mol. The zero-order valence-electron chi connectivity index (χ0n) is 9.48. The first-order valence-corrected chi connectivity index (χ1v) is 5.81. The summed E-state index contributed by atoms with van der Waals surface area (Å²) in [6.07, 6.45) is 0. The minimum Gasteiger partial charge on any atom is -0.478 e. The highest BCUT2D eigenvalue weighted by atomic mass is 79.9. The standard InChI is InChI=1S/C11H12BrN3O2/c1-11(2,9-14-15-10(13)16-9)17-8-5-3-7(12)4-6-8/h3-6H,1-2H3,(H2,13,15). The minimum atomic E-state index is -0.724. The van der Waals surface area contributed by atoms with Gasteiger partial charge in [0.15, 0.2) is 5.60 Å². The van der Waals surface area contributed by atoms with Crippen LogP contribution < -0.4 is 10.5 Å². The number of halogens is 1. The zero-order valence-corrected chi connectivity index (χ0v) is 11.1. The van der Waals surface area contributed by atoms with E-state index in [9.17, 15) is 0 Å². The van der Waals surface area contributed by atoms with E-state index in [0.29, 0.717) is 5.89 Å². The van der Waals surface area contributed by atoms with Gasteiger partial charge < -0.3 is 14.9 Å². The van der Waals surface area contributed by atoms with Crippen LogP contribution in [0.1, 0.15) is 19.7 Å². The van der Waals surface area contributed by atoms with Crippen LogP contribution in [0.15, 0.2) is 33.2 Å². The number of anilines is 1. The van der Waals surface area contributed by atoms with Gasteiger partial charge in [-0.25, -0.2) is 0 Å². The molecule has 0 saturated carbocycles. The fourth-order valence-electron chi connectivity index (χ4n) is 1.32. The molecule has 0 aliphatic rings. The normalized spacial score (nSPS) is 11.5. The van der Waals surface area contributed by atoms with Crippen LogP contribution in [0.25, 0.3) is 0 Å². The van der Waals surface area contributed by atoms with Gasteiger partial charge in [-0.05, 0) is 38.1 Å². The van der Waals surface area contributed by atoms with E-state index in [1.807, 2.05) is 38.1 Å². The van der Waals surface area contributed by atoms with E-state index in [1.54, 1.807) is 0 Å². The SMILES string of the molecule is CC(C)(Oc1ccc(Br)cc1)c1nnc(N)o1. The molecule has 0 atom stereocenters. The maximum atomic E-state index is 5.78. The molecule has 2 N–H and O–H groups in total. The van der Waals surface area contributed by atoms with Gasteiger partial charge in [0, 0.05) is 4.47 Å². The first-order chi connectivity index (χ1) is 7.97. The first kappa shape index (κ1) is 11.9. The largest absolute Gasteiger partial charge is 0.478 e. The Hall–Kier alpha value is -1.56. The summed E-state index contributed by atoms with van der Waals surface area (Å²) in [5.74, 6) is 1.06. The molecule has 0 aliphatic heterocycles. The predicted octanol–water partition coefficient (Wildman–Crippen LogP) is 2.73. The Labute approximate surface area is 107 Å². The van der Waals surface area contributed by atoms with Gasteiger partial charge >= 0.3 is 6.01 Å². The number of ether oxygens (including phenoxy) is 1. The van der Waals surface area contributed by atoms with Crippen LogP contribution in [0.4, 0.5) is 6.01 Å². The lowest BCUT2D eigenvalue weighted by molar-refractivity contribution is 0.0772. The summed E-state index contributed by atoms with van der Waals surface area (Å²) in [7, 11) is 0. The van der Waals surface area contributed by atoms with E-state index >= 15 is 0 Å². The van der Waals surface area contributed by atoms with Crippen molar-refractivity contribution in [1.29, 1.82) is 0 Å². The van der Waals surface area contributed by atoms with Crippen LogP contribution in [0.3, 0.4) is 0 Å². The van der Waals surface area contributed by atoms with Gasteiger partial charge in [0.2, 0.25) is 0 Å². The molecule has 2 rings (SSSR count). The molecule has 0 saturated heterocycles. The van der Waals surface area contributed by atoms with Crippen molar-refractivity contribution >= 4 is 21.9 Å². The number of aromatic nitrogens is 2. The molecule has 0 unspecified atom stereocenters. The lowest BCUT2D eigenvalue weighted by Gasteiger charge is -2.22. The summed E-state index contributed by atoms with van der Waals surface area (Å²) in [4.78, 5) is 0. The Morgan fingerprint density at radius 2 is 1.88 bits per heavy atom. The quantitative estimate of drug-likeness (QED) is 0.943. The molecule has 0 amide bonds. The lowest BCUT2D eigenvalue weighted by Crippen LogP contribution is -2.25. The van der Waals surface area contributed by atoms with Crippen LogP contribution >= 0.6 is 15.9 Å². The molecule has 6 heteroatoms. The van der Waals surface area contributed by atoms with Crippen molar-refractivity contribution in [2.75, 3.05) is 5.73 Å². The average Bonchev–Trinajstić information content (AvgIpc) is 2.69. The minimum absolute atomic E-state index is 0.0347. The van der Waals surface area contributed by atoms with E-state index in [4.69, 9.17) is 14.9 Å². The molecule has 0 bridgehead atoms. The molecule has 17 heavy (non-hydrogen) atoms. The topological polar surface area (TPSA) is 74.2 Å². The van der Waals surface area contributed by atoms with Gasteiger partial charge in [0.25, 0.3) is 5.89 Å². The molecule has 0 aliphatic carbocycles. The summed E-state index contributed by atoms with van der Waals surface area (Å²) in [6.45, 7) is 3.67. The smallest absolute Gasteiger partial charge is 0.312 e. The van der Waals surface area contributed by atoms with E-state index in [2.05, 4.69) is 26.1 Å². The number of nitrogen functional groups attached to an aromatic ring is 1. The van der Waals surface area contributed by atoms with Crippen molar-refractivity contribution in [3.8, 4) is 5.75 Å². The maximum absolute atomic E-state index is 5.78. The van der Waals surface area contributed by atoms with Crippen LogP contribution in [-0.4, -0.2) is 10.2 Å². The number of nitrogens with zero attached hydrogens (tertiary/aromatic N) is 2. The number of hydrogen-bond donors (Lipinski definition) is 1. The molecule has 2 aromatic rings. The summed E-state index contributed by atoms with van der Waals surface area (Å²) >= 11 is 3.36. The second-order valence-corrected chi connectivity index (χ2v) is 4.93. The van der Waals surface area contributed by atoms with Gasteiger partial charge in [0.05, 0.1) is 0 Å². The van der Waals surface area contributed by atoms with Crippen molar-refractivity contribution in [3.05, 3.63) is 34.6 Å².